The molecule has 25 heavy (non-hydrogen) atoms. The highest BCUT2D eigenvalue weighted by Gasteiger charge is 2.13. The highest BCUT2D eigenvalue weighted by Crippen LogP contribution is 2.30. The van der Waals surface area contributed by atoms with Gasteiger partial charge in [0.15, 0.2) is 0 Å². The number of nitrogens with zero attached hydrogens (tertiary/aromatic N) is 3. The second-order valence-corrected chi connectivity index (χ2v) is 5.58. The Morgan fingerprint density at radius 2 is 2.20 bits per heavy atom. The first-order chi connectivity index (χ1) is 12.1. The molecule has 0 saturated carbocycles. The molecular formula is C16H16ClFN6O. The molecule has 4 N–H and O–H groups in total. The van der Waals surface area contributed by atoms with Crippen molar-refractivity contribution in [1.29, 1.82) is 0 Å². The summed E-state index contributed by atoms with van der Waals surface area (Å²) < 4.78 is 18.9. The summed E-state index contributed by atoms with van der Waals surface area (Å²) in [6.07, 6.45) is 3.55. The molecule has 130 valence electrons. The fourth-order valence-corrected chi connectivity index (χ4v) is 2.43. The molecule has 0 saturated heterocycles. The summed E-state index contributed by atoms with van der Waals surface area (Å²) in [6, 6.07) is 4.22. The molecule has 0 fully saturated rings. The highest BCUT2D eigenvalue weighted by atomic mass is 35.5. The molecule has 2 heterocycles. The number of ether oxygens (including phenoxy) is 1. The Morgan fingerprint density at radius 3 is 2.92 bits per heavy atom. The lowest BCUT2D eigenvalue weighted by Gasteiger charge is -2.14. The van der Waals surface area contributed by atoms with Crippen molar-refractivity contribution >= 4 is 29.1 Å². The topological polar surface area (TPSA) is 102 Å². The summed E-state index contributed by atoms with van der Waals surface area (Å²) in [5, 5.41) is 10.4. The number of halogens is 2. The molecule has 9 heteroatoms. The Labute approximate surface area is 148 Å². The maximum Gasteiger partial charge on any atom is 0.221 e. The first kappa shape index (κ1) is 17.0. The quantitative estimate of drug-likeness (QED) is 0.621. The molecular weight excluding hydrogens is 347 g/mol. The fraction of sp³-hybridized carbons (Fsp3) is 0.188. The van der Waals surface area contributed by atoms with Crippen molar-refractivity contribution in [1.82, 2.24) is 20.2 Å². The standard InChI is InChI=1S/C16H16ClFN6O/c1-2-25-14-6-10(18)3-4-12(14)22-15-9(7-20-16(19)23-15)5-13-11(17)8-21-24-13/h3-4,6-8H,2,5H2,1H3,(H,21,24)(H3,19,20,22,23). The van der Waals surface area contributed by atoms with Gasteiger partial charge in [0.25, 0.3) is 0 Å². The van der Waals surface area contributed by atoms with Crippen LogP contribution in [0, 0.1) is 5.82 Å². The van der Waals surface area contributed by atoms with Gasteiger partial charge < -0.3 is 15.8 Å². The number of nitrogens with one attached hydrogen (secondary N) is 2. The van der Waals surface area contributed by atoms with Crippen LogP contribution in [0.4, 0.5) is 21.8 Å². The lowest BCUT2D eigenvalue weighted by atomic mass is 10.1. The van der Waals surface area contributed by atoms with Gasteiger partial charge in [-0.25, -0.2) is 9.37 Å². The predicted molar refractivity (Wildman–Crippen MR) is 93.7 cm³/mol. The van der Waals surface area contributed by atoms with Crippen LogP contribution in [0.2, 0.25) is 5.02 Å². The van der Waals surface area contributed by atoms with Crippen LogP contribution >= 0.6 is 11.6 Å². The molecule has 1 aromatic carbocycles. The molecule has 0 amide bonds. The first-order valence-electron chi connectivity index (χ1n) is 7.55. The molecule has 0 spiro atoms. The zero-order chi connectivity index (χ0) is 17.8. The summed E-state index contributed by atoms with van der Waals surface area (Å²) in [5.41, 5.74) is 7.74. The average Bonchev–Trinajstić information content (AvgIpc) is 2.98. The molecule has 0 aliphatic heterocycles. The third-order valence-electron chi connectivity index (χ3n) is 3.41. The number of hydrogen-bond acceptors (Lipinski definition) is 6. The van der Waals surface area contributed by atoms with E-state index in [2.05, 4.69) is 25.5 Å². The van der Waals surface area contributed by atoms with Crippen LogP contribution in [0.1, 0.15) is 18.2 Å². The minimum absolute atomic E-state index is 0.113. The number of hydrogen-bond donors (Lipinski definition) is 3. The Kier molecular flexibility index (Phi) is 4.99. The normalized spacial score (nSPS) is 10.7. The zero-order valence-electron chi connectivity index (χ0n) is 13.4. The van der Waals surface area contributed by atoms with Crippen molar-refractivity contribution in [3.05, 3.63) is 52.7 Å². The number of nitrogen functional groups attached to an aromatic ring is 1. The van der Waals surface area contributed by atoms with Crippen LogP contribution in [0.5, 0.6) is 5.75 Å². The Morgan fingerprint density at radius 1 is 1.36 bits per heavy atom. The fourth-order valence-electron chi connectivity index (χ4n) is 2.27. The van der Waals surface area contributed by atoms with Gasteiger partial charge in [0.05, 0.1) is 29.2 Å². The van der Waals surface area contributed by atoms with Crippen LogP contribution in [0.15, 0.2) is 30.6 Å². The van der Waals surface area contributed by atoms with Crippen molar-refractivity contribution in [3.8, 4) is 5.75 Å². The maximum absolute atomic E-state index is 13.5. The van der Waals surface area contributed by atoms with E-state index in [9.17, 15) is 4.39 Å². The van der Waals surface area contributed by atoms with Gasteiger partial charge in [-0.15, -0.1) is 0 Å². The van der Waals surface area contributed by atoms with E-state index in [-0.39, 0.29) is 11.8 Å². The Balaban J connectivity index is 1.94. The number of nitrogens with two attached hydrogens (primary N) is 1. The van der Waals surface area contributed by atoms with E-state index < -0.39 is 0 Å². The van der Waals surface area contributed by atoms with Gasteiger partial charge in [-0.05, 0) is 19.1 Å². The van der Waals surface area contributed by atoms with E-state index in [1.165, 1.54) is 18.3 Å². The van der Waals surface area contributed by atoms with Crippen LogP contribution in [0.3, 0.4) is 0 Å². The molecule has 0 aliphatic rings. The number of anilines is 3. The van der Waals surface area contributed by atoms with Gasteiger partial charge in [-0.1, -0.05) is 11.6 Å². The average molecular weight is 363 g/mol. The van der Waals surface area contributed by atoms with E-state index in [4.69, 9.17) is 22.1 Å². The van der Waals surface area contributed by atoms with E-state index >= 15 is 0 Å². The monoisotopic (exact) mass is 362 g/mol. The summed E-state index contributed by atoms with van der Waals surface area (Å²) in [6.45, 7) is 2.23. The predicted octanol–water partition coefficient (Wildman–Crippen LogP) is 3.31. The largest absolute Gasteiger partial charge is 0.492 e. The smallest absolute Gasteiger partial charge is 0.221 e. The minimum Gasteiger partial charge on any atom is -0.492 e. The van der Waals surface area contributed by atoms with Gasteiger partial charge in [-0.3, -0.25) is 5.10 Å². The van der Waals surface area contributed by atoms with Gasteiger partial charge in [-0.2, -0.15) is 10.1 Å². The molecule has 7 nitrogen and oxygen atoms in total. The van der Waals surface area contributed by atoms with E-state index in [0.717, 1.165) is 11.3 Å². The summed E-state index contributed by atoms with van der Waals surface area (Å²) in [5.74, 6) is 0.582. The molecule has 0 radical (unpaired) electrons. The number of aromatic amines is 1. The van der Waals surface area contributed by atoms with Crippen LogP contribution < -0.4 is 15.8 Å². The third kappa shape index (κ3) is 3.97. The van der Waals surface area contributed by atoms with Gasteiger partial charge in [0, 0.05) is 24.2 Å². The Bertz CT molecular complexity index is 885. The van der Waals surface area contributed by atoms with Gasteiger partial charge in [0.2, 0.25) is 5.95 Å². The lowest BCUT2D eigenvalue weighted by molar-refractivity contribution is 0.340. The number of aromatic nitrogens is 4. The number of rotatable bonds is 6. The van der Waals surface area contributed by atoms with Crippen molar-refractivity contribution in [2.45, 2.75) is 13.3 Å². The van der Waals surface area contributed by atoms with Gasteiger partial charge >= 0.3 is 0 Å². The van der Waals surface area contributed by atoms with Gasteiger partial charge in [0.1, 0.15) is 17.4 Å². The maximum atomic E-state index is 13.5. The highest BCUT2D eigenvalue weighted by molar-refractivity contribution is 6.31. The van der Waals surface area contributed by atoms with Crippen LogP contribution in [-0.2, 0) is 6.42 Å². The summed E-state index contributed by atoms with van der Waals surface area (Å²) in [4.78, 5) is 8.25. The zero-order valence-corrected chi connectivity index (χ0v) is 14.1. The van der Waals surface area contributed by atoms with Crippen molar-refractivity contribution in [2.75, 3.05) is 17.7 Å². The second-order valence-electron chi connectivity index (χ2n) is 5.17. The molecule has 0 unspecified atom stereocenters. The van der Waals surface area contributed by atoms with Crippen molar-refractivity contribution in [3.63, 3.8) is 0 Å². The lowest BCUT2D eigenvalue weighted by Crippen LogP contribution is -2.06. The van der Waals surface area contributed by atoms with Crippen molar-refractivity contribution < 1.29 is 9.13 Å². The minimum atomic E-state index is -0.388. The first-order valence-corrected chi connectivity index (χ1v) is 7.93. The van der Waals surface area contributed by atoms with E-state index in [0.29, 0.717) is 35.3 Å². The number of H-pyrrole nitrogens is 1. The molecule has 2 aromatic heterocycles. The van der Waals surface area contributed by atoms with Crippen LogP contribution in [0.25, 0.3) is 0 Å². The molecule has 0 aliphatic carbocycles. The molecule has 3 rings (SSSR count). The summed E-state index contributed by atoms with van der Waals surface area (Å²) in [7, 11) is 0. The van der Waals surface area contributed by atoms with E-state index in [1.807, 2.05) is 6.92 Å². The third-order valence-corrected chi connectivity index (χ3v) is 3.74. The Hall–Kier alpha value is -2.87. The molecule has 3 aromatic rings. The summed E-state index contributed by atoms with van der Waals surface area (Å²) >= 11 is 6.08. The SMILES string of the molecule is CCOc1cc(F)ccc1Nc1nc(N)ncc1Cc1[nH]ncc1Cl. The van der Waals surface area contributed by atoms with E-state index in [1.54, 1.807) is 12.3 Å². The van der Waals surface area contributed by atoms with Crippen LogP contribution in [-0.4, -0.2) is 26.8 Å². The number of benzene rings is 1. The van der Waals surface area contributed by atoms with Crippen molar-refractivity contribution in [2.24, 2.45) is 0 Å². The molecule has 0 atom stereocenters. The molecule has 0 bridgehead atoms. The second kappa shape index (κ2) is 7.35.